The van der Waals surface area contributed by atoms with Crippen LogP contribution in [0.5, 0.6) is 5.75 Å². The van der Waals surface area contributed by atoms with Crippen LogP contribution in [-0.2, 0) is 16.0 Å². The number of pyridine rings is 1. The number of methoxy groups -OCH3 is 1. The fourth-order valence-electron chi connectivity index (χ4n) is 2.81. The third-order valence-electron chi connectivity index (χ3n) is 4.00. The van der Waals surface area contributed by atoms with Crippen molar-refractivity contribution in [3.8, 4) is 5.75 Å². The summed E-state index contributed by atoms with van der Waals surface area (Å²) in [6.07, 6.45) is 5.38. The van der Waals surface area contributed by atoms with Crippen LogP contribution in [0.2, 0.25) is 0 Å². The maximum Gasteiger partial charge on any atom is 0.303 e. The van der Waals surface area contributed by atoms with Gasteiger partial charge in [-0.1, -0.05) is 0 Å². The van der Waals surface area contributed by atoms with Crippen molar-refractivity contribution in [2.24, 2.45) is 0 Å². The van der Waals surface area contributed by atoms with Gasteiger partial charge in [0.1, 0.15) is 5.75 Å². The smallest absolute Gasteiger partial charge is 0.303 e. The second kappa shape index (κ2) is 7.77. The van der Waals surface area contributed by atoms with E-state index in [9.17, 15) is 9.59 Å². The van der Waals surface area contributed by atoms with Crippen molar-refractivity contribution in [1.82, 2.24) is 9.88 Å². The van der Waals surface area contributed by atoms with Crippen molar-refractivity contribution in [3.05, 3.63) is 24.0 Å². The zero-order chi connectivity index (χ0) is 15.9. The number of rotatable bonds is 6. The first-order valence-corrected chi connectivity index (χ1v) is 7.60. The third kappa shape index (κ3) is 4.44. The Morgan fingerprint density at radius 2 is 2.23 bits per heavy atom. The molecule has 1 amide bonds. The fourth-order valence-corrected chi connectivity index (χ4v) is 2.81. The molecule has 0 aromatic carbocycles. The van der Waals surface area contributed by atoms with E-state index in [1.807, 2.05) is 4.90 Å². The Hall–Kier alpha value is -2.11. The van der Waals surface area contributed by atoms with Gasteiger partial charge in [-0.3, -0.25) is 14.6 Å². The summed E-state index contributed by atoms with van der Waals surface area (Å²) in [7, 11) is 1.57. The summed E-state index contributed by atoms with van der Waals surface area (Å²) >= 11 is 0. The minimum atomic E-state index is -0.810. The van der Waals surface area contributed by atoms with E-state index >= 15 is 0 Å². The quantitative estimate of drug-likeness (QED) is 0.868. The van der Waals surface area contributed by atoms with Gasteiger partial charge in [0, 0.05) is 24.7 Å². The van der Waals surface area contributed by atoms with Crippen LogP contribution in [0.3, 0.4) is 0 Å². The highest BCUT2D eigenvalue weighted by atomic mass is 16.5. The Bertz CT molecular complexity index is 515. The van der Waals surface area contributed by atoms with Crippen molar-refractivity contribution in [3.63, 3.8) is 0 Å². The minimum Gasteiger partial charge on any atom is -0.495 e. The molecule has 1 atom stereocenters. The zero-order valence-corrected chi connectivity index (χ0v) is 12.8. The number of carbonyl (C=O) groups is 2. The maximum atomic E-state index is 12.5. The maximum absolute atomic E-state index is 12.5. The molecular weight excluding hydrogens is 284 g/mol. The molecule has 0 spiro atoms. The molecule has 0 radical (unpaired) electrons. The lowest BCUT2D eigenvalue weighted by Crippen LogP contribution is -2.44. The molecule has 0 aliphatic carbocycles. The Labute approximate surface area is 130 Å². The molecular formula is C16H22N2O4. The molecule has 1 N–H and O–H groups in total. The molecule has 0 saturated carbocycles. The standard InChI is InChI=1S/C16H22N2O4/c1-22-14-7-5-12(17-11-14)10-15(19)18-9-3-2-4-13(18)6-8-16(20)21/h5,7,11,13H,2-4,6,8-10H2,1H3,(H,20,21). The predicted octanol–water partition coefficient (Wildman–Crippen LogP) is 1.88. The van der Waals surface area contributed by atoms with Crippen molar-refractivity contribution < 1.29 is 19.4 Å². The first-order chi connectivity index (χ1) is 10.6. The first-order valence-electron chi connectivity index (χ1n) is 7.60. The number of hydrogen-bond donors (Lipinski definition) is 1. The molecule has 120 valence electrons. The van der Waals surface area contributed by atoms with Crippen molar-refractivity contribution in [1.29, 1.82) is 0 Å². The fraction of sp³-hybridized carbons (Fsp3) is 0.562. The van der Waals surface area contributed by atoms with Gasteiger partial charge in [0.2, 0.25) is 5.91 Å². The summed E-state index contributed by atoms with van der Waals surface area (Å²) in [5, 5.41) is 8.83. The van der Waals surface area contributed by atoms with Crippen LogP contribution in [0.15, 0.2) is 18.3 Å². The molecule has 1 fully saturated rings. The topological polar surface area (TPSA) is 79.7 Å². The van der Waals surface area contributed by atoms with Gasteiger partial charge in [-0.15, -0.1) is 0 Å². The van der Waals surface area contributed by atoms with Gasteiger partial charge in [0.15, 0.2) is 0 Å². The molecule has 2 heterocycles. The summed E-state index contributed by atoms with van der Waals surface area (Å²) in [5.74, 6) is -0.129. The molecule has 1 aliphatic rings. The van der Waals surface area contributed by atoms with Gasteiger partial charge in [-0.25, -0.2) is 0 Å². The second-order valence-corrected chi connectivity index (χ2v) is 5.54. The van der Waals surface area contributed by atoms with E-state index in [2.05, 4.69) is 4.98 Å². The number of aliphatic carboxylic acids is 1. The minimum absolute atomic E-state index is 0.0211. The molecule has 6 heteroatoms. The van der Waals surface area contributed by atoms with Gasteiger partial charge in [-0.2, -0.15) is 0 Å². The van der Waals surface area contributed by atoms with E-state index in [4.69, 9.17) is 9.84 Å². The predicted molar refractivity (Wildman–Crippen MR) is 80.7 cm³/mol. The van der Waals surface area contributed by atoms with Gasteiger partial charge in [0.25, 0.3) is 0 Å². The lowest BCUT2D eigenvalue weighted by molar-refractivity contribution is -0.139. The van der Waals surface area contributed by atoms with Gasteiger partial charge < -0.3 is 14.7 Å². The largest absolute Gasteiger partial charge is 0.495 e. The van der Waals surface area contributed by atoms with E-state index in [1.165, 1.54) is 0 Å². The van der Waals surface area contributed by atoms with Gasteiger partial charge >= 0.3 is 5.97 Å². The summed E-state index contributed by atoms with van der Waals surface area (Å²) in [6.45, 7) is 0.708. The number of piperidine rings is 1. The summed E-state index contributed by atoms with van der Waals surface area (Å²) < 4.78 is 5.05. The van der Waals surface area contributed by atoms with E-state index < -0.39 is 5.97 Å². The Kier molecular flexibility index (Phi) is 5.75. The van der Waals surface area contributed by atoms with Crippen molar-refractivity contribution in [2.45, 2.75) is 44.6 Å². The molecule has 2 rings (SSSR count). The lowest BCUT2D eigenvalue weighted by Gasteiger charge is -2.35. The molecule has 22 heavy (non-hydrogen) atoms. The number of nitrogens with zero attached hydrogens (tertiary/aromatic N) is 2. The molecule has 1 aromatic heterocycles. The van der Waals surface area contributed by atoms with Crippen LogP contribution >= 0.6 is 0 Å². The summed E-state index contributed by atoms with van der Waals surface area (Å²) in [5.41, 5.74) is 0.702. The molecule has 0 bridgehead atoms. The average molecular weight is 306 g/mol. The lowest BCUT2D eigenvalue weighted by atomic mass is 9.97. The van der Waals surface area contributed by atoms with Gasteiger partial charge in [-0.05, 0) is 37.8 Å². The van der Waals surface area contributed by atoms with Crippen LogP contribution in [0, 0.1) is 0 Å². The van der Waals surface area contributed by atoms with Crippen molar-refractivity contribution >= 4 is 11.9 Å². The molecule has 1 aromatic rings. The summed E-state index contributed by atoms with van der Waals surface area (Å²) in [4.78, 5) is 29.3. The molecule has 6 nitrogen and oxygen atoms in total. The number of ether oxygens (including phenoxy) is 1. The van der Waals surface area contributed by atoms with E-state index in [1.54, 1.807) is 25.4 Å². The summed E-state index contributed by atoms with van der Waals surface area (Å²) in [6, 6.07) is 3.61. The van der Waals surface area contributed by atoms with Crippen molar-refractivity contribution in [2.75, 3.05) is 13.7 Å². The number of carboxylic acids is 1. The number of amides is 1. The number of carbonyl (C=O) groups excluding carboxylic acids is 1. The third-order valence-corrected chi connectivity index (χ3v) is 4.00. The molecule has 1 aliphatic heterocycles. The van der Waals surface area contributed by atoms with Crippen LogP contribution in [-0.4, -0.2) is 46.6 Å². The molecule has 1 unspecified atom stereocenters. The second-order valence-electron chi connectivity index (χ2n) is 5.54. The average Bonchev–Trinajstić information content (AvgIpc) is 2.54. The molecule has 1 saturated heterocycles. The van der Waals surface area contributed by atoms with Crippen LogP contribution in [0.4, 0.5) is 0 Å². The zero-order valence-electron chi connectivity index (χ0n) is 12.8. The van der Waals surface area contributed by atoms with E-state index in [0.29, 0.717) is 24.4 Å². The van der Waals surface area contributed by atoms with Crippen LogP contribution in [0.1, 0.15) is 37.8 Å². The number of aromatic nitrogens is 1. The monoisotopic (exact) mass is 306 g/mol. The normalized spacial score (nSPS) is 18.0. The van der Waals surface area contributed by atoms with Gasteiger partial charge in [0.05, 0.1) is 19.7 Å². The van der Waals surface area contributed by atoms with Crippen LogP contribution < -0.4 is 4.74 Å². The first kappa shape index (κ1) is 16.3. The van der Waals surface area contributed by atoms with Crippen LogP contribution in [0.25, 0.3) is 0 Å². The number of likely N-dealkylation sites (tertiary alicyclic amines) is 1. The SMILES string of the molecule is COc1ccc(CC(=O)N2CCCCC2CCC(=O)O)nc1. The highest BCUT2D eigenvalue weighted by Crippen LogP contribution is 2.22. The van der Waals surface area contributed by atoms with E-state index in [0.717, 1.165) is 19.3 Å². The van der Waals surface area contributed by atoms with E-state index in [-0.39, 0.29) is 24.8 Å². The Morgan fingerprint density at radius 1 is 1.41 bits per heavy atom. The number of hydrogen-bond acceptors (Lipinski definition) is 4. The Balaban J connectivity index is 1.96. The highest BCUT2D eigenvalue weighted by Gasteiger charge is 2.27. The Morgan fingerprint density at radius 3 is 2.86 bits per heavy atom. The highest BCUT2D eigenvalue weighted by molar-refractivity contribution is 5.79. The number of carboxylic acid groups (broad SMARTS) is 1.